The molecule has 1 amide bonds. The number of hydrogen-bond donors (Lipinski definition) is 4. The van der Waals surface area contributed by atoms with Crippen molar-refractivity contribution in [2.24, 2.45) is 5.73 Å². The van der Waals surface area contributed by atoms with Crippen molar-refractivity contribution in [3.63, 3.8) is 0 Å². The third-order valence-corrected chi connectivity index (χ3v) is 6.38. The zero-order valence-corrected chi connectivity index (χ0v) is 21.8. The van der Waals surface area contributed by atoms with E-state index >= 15 is 8.78 Å². The molecule has 0 saturated carbocycles. The van der Waals surface area contributed by atoms with E-state index in [1.165, 1.54) is 40.1 Å². The van der Waals surface area contributed by atoms with Crippen LogP contribution < -0.4 is 25.4 Å². The van der Waals surface area contributed by atoms with E-state index in [9.17, 15) is 9.90 Å². The fraction of sp³-hybridized carbons (Fsp3) is 0.296. The average molecular weight is 541 g/mol. The molecule has 12 heteroatoms. The van der Waals surface area contributed by atoms with Crippen LogP contribution in [0.2, 0.25) is 0 Å². The molecule has 3 aromatic rings. The number of nitrogen functional groups attached to an aromatic ring is 1. The Morgan fingerprint density at radius 1 is 1.05 bits per heavy atom. The van der Waals surface area contributed by atoms with Crippen molar-refractivity contribution in [3.8, 4) is 29.0 Å². The summed E-state index contributed by atoms with van der Waals surface area (Å²) in [4.78, 5) is 19.2. The van der Waals surface area contributed by atoms with Crippen LogP contribution in [-0.4, -0.2) is 67.0 Å². The van der Waals surface area contributed by atoms with Crippen molar-refractivity contribution in [1.82, 2.24) is 15.2 Å². The molecule has 0 unspecified atom stereocenters. The van der Waals surface area contributed by atoms with Crippen LogP contribution >= 0.6 is 0 Å². The molecule has 0 radical (unpaired) electrons. The number of phenols is 1. The number of benzene rings is 2. The highest BCUT2D eigenvalue weighted by atomic mass is 19.1. The van der Waals surface area contributed by atoms with E-state index in [1.54, 1.807) is 33.3 Å². The summed E-state index contributed by atoms with van der Waals surface area (Å²) in [6.45, 7) is 1.38. The maximum absolute atomic E-state index is 15.9. The summed E-state index contributed by atoms with van der Waals surface area (Å²) in [6, 6.07) is 9.79. The average Bonchev–Trinajstić information content (AvgIpc) is 2.92. The van der Waals surface area contributed by atoms with Crippen molar-refractivity contribution < 1.29 is 28.2 Å². The molecule has 0 atom stereocenters. The molecule has 1 saturated heterocycles. The largest absolute Gasteiger partial charge is 0.504 e. The Bertz CT molecular complexity index is 1390. The van der Waals surface area contributed by atoms with E-state index < -0.39 is 29.1 Å². The van der Waals surface area contributed by atoms with Gasteiger partial charge in [0.2, 0.25) is 11.6 Å². The van der Waals surface area contributed by atoms with Crippen LogP contribution in [0.5, 0.6) is 29.0 Å². The first-order valence-corrected chi connectivity index (χ1v) is 12.2. The van der Waals surface area contributed by atoms with Crippen LogP contribution in [0.25, 0.3) is 0 Å². The number of anilines is 1. The summed E-state index contributed by atoms with van der Waals surface area (Å²) in [5.41, 5.74) is 5.64. The number of piperidine rings is 1. The van der Waals surface area contributed by atoms with E-state index in [-0.39, 0.29) is 40.6 Å². The quantitative estimate of drug-likeness (QED) is 0.250. The first kappa shape index (κ1) is 27.6. The zero-order chi connectivity index (χ0) is 28.3. The Balaban J connectivity index is 1.80. The second-order valence-electron chi connectivity index (χ2n) is 9.32. The highest BCUT2D eigenvalue weighted by Gasteiger charge is 2.30. The number of nitrogens with two attached hydrogens (primary N) is 1. The lowest BCUT2D eigenvalue weighted by Crippen LogP contribution is -2.42. The molecule has 5 N–H and O–H groups in total. The van der Waals surface area contributed by atoms with Crippen LogP contribution in [-0.2, 0) is 0 Å². The minimum absolute atomic E-state index is 0.101. The number of carbonyl (C=O) groups is 1. The van der Waals surface area contributed by atoms with Crippen LogP contribution in [0.1, 0.15) is 28.8 Å². The number of halogens is 2. The lowest BCUT2D eigenvalue weighted by molar-refractivity contribution is 0.0827. The number of phenolic OH excluding ortho intramolecular Hbond substituents is 1. The number of ether oxygens (including phenoxy) is 2. The molecule has 2 aromatic carbocycles. The van der Waals surface area contributed by atoms with Gasteiger partial charge in [-0.3, -0.25) is 10.2 Å². The van der Waals surface area contributed by atoms with Gasteiger partial charge in [-0.25, -0.2) is 0 Å². The second-order valence-corrected chi connectivity index (χ2v) is 9.32. The van der Waals surface area contributed by atoms with Gasteiger partial charge in [0.1, 0.15) is 17.3 Å². The highest BCUT2D eigenvalue weighted by Crippen LogP contribution is 2.40. The van der Waals surface area contributed by atoms with Gasteiger partial charge in [-0.05, 0) is 62.3 Å². The predicted octanol–water partition coefficient (Wildman–Crippen LogP) is 3.82. The summed E-state index contributed by atoms with van der Waals surface area (Å²) in [5, 5.41) is 21.1. The first-order chi connectivity index (χ1) is 18.6. The molecular formula is C27H30F2N6O4. The van der Waals surface area contributed by atoms with Gasteiger partial charge in [-0.15, -0.1) is 0 Å². The van der Waals surface area contributed by atoms with E-state index in [2.05, 4.69) is 10.3 Å². The zero-order valence-electron chi connectivity index (χ0n) is 21.8. The minimum Gasteiger partial charge on any atom is -0.504 e. The second kappa shape index (κ2) is 11.5. The van der Waals surface area contributed by atoms with Crippen molar-refractivity contribution in [3.05, 3.63) is 65.2 Å². The summed E-state index contributed by atoms with van der Waals surface area (Å²) >= 11 is 0. The Labute approximate surface area is 224 Å². The number of hydrogen-bond acceptors (Lipinski definition) is 8. The normalized spacial score (nSPS) is 13.6. The van der Waals surface area contributed by atoms with Gasteiger partial charge in [0.15, 0.2) is 11.5 Å². The maximum Gasteiger partial charge on any atom is 0.261 e. The Morgan fingerprint density at radius 2 is 1.72 bits per heavy atom. The molecule has 1 fully saturated rings. The number of amides is 1. The van der Waals surface area contributed by atoms with Gasteiger partial charge in [-0.2, -0.15) is 13.8 Å². The van der Waals surface area contributed by atoms with Crippen molar-refractivity contribution in [1.29, 1.82) is 5.41 Å². The molecule has 1 aliphatic heterocycles. The SMILES string of the molecule is CN(C)C(=O)c1cccc(Oc2nc(Oc3cc(C(=N)N)ccc3O)c(F)c(N(C)C3CCNCC3)c2F)c1. The number of rotatable bonds is 8. The summed E-state index contributed by atoms with van der Waals surface area (Å²) in [7, 11) is 4.77. The number of pyridine rings is 1. The molecule has 206 valence electrons. The highest BCUT2D eigenvalue weighted by molar-refractivity contribution is 5.95. The lowest BCUT2D eigenvalue weighted by Gasteiger charge is -2.33. The van der Waals surface area contributed by atoms with Crippen molar-refractivity contribution >= 4 is 17.4 Å². The summed E-state index contributed by atoms with van der Waals surface area (Å²) in [6.07, 6.45) is 1.31. The Hall–Kier alpha value is -4.45. The molecule has 0 aliphatic carbocycles. The molecular weight excluding hydrogens is 510 g/mol. The third-order valence-electron chi connectivity index (χ3n) is 6.38. The van der Waals surface area contributed by atoms with Gasteiger partial charge in [0.05, 0.1) is 0 Å². The van der Waals surface area contributed by atoms with E-state index in [0.29, 0.717) is 31.5 Å². The molecule has 0 spiro atoms. The number of nitrogens with zero attached hydrogens (tertiary/aromatic N) is 3. The number of aromatic hydroxyl groups is 1. The van der Waals surface area contributed by atoms with Gasteiger partial charge in [0, 0.05) is 38.3 Å². The topological polar surface area (TPSA) is 137 Å². The van der Waals surface area contributed by atoms with E-state index in [1.807, 2.05) is 0 Å². The lowest BCUT2D eigenvalue weighted by atomic mass is 10.0. The number of nitrogens with one attached hydrogen (secondary N) is 2. The van der Waals surface area contributed by atoms with Crippen LogP contribution in [0, 0.1) is 17.0 Å². The van der Waals surface area contributed by atoms with Gasteiger partial charge in [-0.1, -0.05) is 6.07 Å². The first-order valence-electron chi connectivity index (χ1n) is 12.2. The van der Waals surface area contributed by atoms with Crippen molar-refractivity contribution in [2.75, 3.05) is 39.1 Å². The van der Waals surface area contributed by atoms with Crippen LogP contribution in [0.4, 0.5) is 14.5 Å². The molecule has 39 heavy (non-hydrogen) atoms. The molecule has 0 bridgehead atoms. The van der Waals surface area contributed by atoms with Gasteiger partial charge < -0.3 is 35.4 Å². The van der Waals surface area contributed by atoms with E-state index in [0.717, 1.165) is 0 Å². The van der Waals surface area contributed by atoms with E-state index in [4.69, 9.17) is 20.6 Å². The number of carbonyl (C=O) groups excluding carboxylic acids is 1. The number of aromatic nitrogens is 1. The number of amidine groups is 1. The molecule has 10 nitrogen and oxygen atoms in total. The van der Waals surface area contributed by atoms with Gasteiger partial charge >= 0.3 is 0 Å². The molecule has 1 aromatic heterocycles. The predicted molar refractivity (Wildman–Crippen MR) is 142 cm³/mol. The molecule has 2 heterocycles. The smallest absolute Gasteiger partial charge is 0.261 e. The summed E-state index contributed by atoms with van der Waals surface area (Å²) in [5.74, 6) is -4.46. The molecule has 4 rings (SSSR count). The van der Waals surface area contributed by atoms with Crippen LogP contribution in [0.3, 0.4) is 0 Å². The monoisotopic (exact) mass is 540 g/mol. The van der Waals surface area contributed by atoms with Crippen LogP contribution in [0.15, 0.2) is 42.5 Å². The fourth-order valence-electron chi connectivity index (χ4n) is 4.24. The maximum atomic E-state index is 15.9. The summed E-state index contributed by atoms with van der Waals surface area (Å²) < 4.78 is 43.0. The van der Waals surface area contributed by atoms with Gasteiger partial charge in [0.25, 0.3) is 17.7 Å². The standard InChI is InChI=1S/C27H30F2N6O4/c1-34(2)27(37)16-5-4-6-18(13-16)38-25-21(28)23(35(3)17-9-11-32-12-10-17)22(29)26(33-25)39-20-14-15(24(30)31)7-8-19(20)36/h4-8,13-14,17,32,36H,9-12H2,1-3H3,(H3,30,31). The Morgan fingerprint density at radius 3 is 2.36 bits per heavy atom. The molecule has 1 aliphatic rings. The fourth-order valence-corrected chi connectivity index (χ4v) is 4.24. The third kappa shape index (κ3) is 6.01. The van der Waals surface area contributed by atoms with Crippen molar-refractivity contribution in [2.45, 2.75) is 18.9 Å². The minimum atomic E-state index is -1.09. The Kier molecular flexibility index (Phi) is 8.15.